The van der Waals surface area contributed by atoms with Crippen molar-refractivity contribution in [2.24, 2.45) is 4.99 Å². The molecule has 0 saturated heterocycles. The molecule has 7 heteroatoms. The zero-order valence-electron chi connectivity index (χ0n) is 14.7. The van der Waals surface area contributed by atoms with Crippen molar-refractivity contribution in [1.29, 1.82) is 0 Å². The van der Waals surface area contributed by atoms with Crippen LogP contribution in [0.1, 0.15) is 11.1 Å². The largest absolute Gasteiger partial charge is 0.347 e. The molecule has 0 aliphatic carbocycles. The first-order valence-electron chi connectivity index (χ1n) is 8.10. The average molecular weight is 369 g/mol. The van der Waals surface area contributed by atoms with Crippen LogP contribution in [0.15, 0.2) is 65.7 Å². The summed E-state index contributed by atoms with van der Waals surface area (Å²) in [4.78, 5) is 15.0. The third-order valence-corrected chi connectivity index (χ3v) is 4.72. The van der Waals surface area contributed by atoms with E-state index in [1.165, 1.54) is 12.1 Å². The van der Waals surface area contributed by atoms with E-state index in [4.69, 9.17) is 0 Å². The highest BCUT2D eigenvalue weighted by atomic mass is 32.2. The Balaban J connectivity index is 1.61. The molecule has 1 N–H and O–H groups in total. The van der Waals surface area contributed by atoms with Gasteiger partial charge < -0.3 is 10.2 Å². The molecule has 0 bridgehead atoms. The molecule has 2 aromatic rings. The monoisotopic (exact) mass is 369 g/mol. The van der Waals surface area contributed by atoms with Gasteiger partial charge in [0.05, 0.1) is 0 Å². The Morgan fingerprint density at radius 3 is 2.42 bits per heavy atom. The molecule has 0 fully saturated rings. The van der Waals surface area contributed by atoms with Crippen LogP contribution in [0.25, 0.3) is 0 Å². The number of nitrogens with zero attached hydrogens (tertiary/aromatic N) is 4. The summed E-state index contributed by atoms with van der Waals surface area (Å²) in [5, 5.41) is 4.00. The first-order valence-corrected chi connectivity index (χ1v) is 9.08. The number of anilines is 1. The van der Waals surface area contributed by atoms with Gasteiger partial charge in [0.25, 0.3) is 0 Å². The highest BCUT2D eigenvalue weighted by Crippen LogP contribution is 2.21. The molecule has 0 spiro atoms. The van der Waals surface area contributed by atoms with Crippen molar-refractivity contribution < 1.29 is 4.39 Å². The number of rotatable bonds is 5. The maximum atomic E-state index is 12.9. The standard InChI is InChI=1S/C19H20FN5S/c1-13-16(8-15-9-21-18(22-10-15)25(2)3)11-23-19(24-13)26-12-14-4-6-17(20)7-5-14/h4-7,9-11H,1,8,12H2,2-3H3,(H,23,24). The molecule has 1 aliphatic heterocycles. The Hall–Kier alpha value is -2.67. The Bertz CT molecular complexity index is 841. The summed E-state index contributed by atoms with van der Waals surface area (Å²) in [6, 6.07) is 6.48. The van der Waals surface area contributed by atoms with Gasteiger partial charge in [0.15, 0.2) is 5.17 Å². The minimum absolute atomic E-state index is 0.226. The summed E-state index contributed by atoms with van der Waals surface area (Å²) in [5.41, 5.74) is 3.86. The molecule has 0 amide bonds. The number of hydrogen-bond donors (Lipinski definition) is 1. The quantitative estimate of drug-likeness (QED) is 0.874. The van der Waals surface area contributed by atoms with Gasteiger partial charge in [0.1, 0.15) is 5.82 Å². The molecule has 26 heavy (non-hydrogen) atoms. The van der Waals surface area contributed by atoms with Crippen LogP contribution in [0, 0.1) is 5.82 Å². The van der Waals surface area contributed by atoms with Gasteiger partial charge in [-0.3, -0.25) is 0 Å². The Labute approximate surface area is 156 Å². The molecule has 1 aromatic heterocycles. The SMILES string of the molecule is C=C1NC(SCc2ccc(F)cc2)=NC=C1Cc1cnc(N(C)C)nc1. The number of aliphatic imine (C=N–C) groups is 1. The Morgan fingerprint density at radius 2 is 1.81 bits per heavy atom. The van der Waals surface area contributed by atoms with E-state index in [-0.39, 0.29) is 5.82 Å². The first-order chi connectivity index (χ1) is 12.5. The zero-order valence-corrected chi connectivity index (χ0v) is 15.6. The van der Waals surface area contributed by atoms with Crippen LogP contribution in [0.4, 0.5) is 10.3 Å². The second-order valence-corrected chi connectivity index (χ2v) is 7.03. The molecule has 0 atom stereocenters. The number of hydrogen-bond acceptors (Lipinski definition) is 6. The van der Waals surface area contributed by atoms with E-state index < -0.39 is 0 Å². The summed E-state index contributed by atoms with van der Waals surface area (Å²) in [5.74, 6) is 1.17. The van der Waals surface area contributed by atoms with E-state index in [9.17, 15) is 4.39 Å². The Morgan fingerprint density at radius 1 is 1.12 bits per heavy atom. The van der Waals surface area contributed by atoms with Crippen LogP contribution in [0.3, 0.4) is 0 Å². The summed E-state index contributed by atoms with van der Waals surface area (Å²) >= 11 is 1.55. The van der Waals surface area contributed by atoms with Gasteiger partial charge in [-0.1, -0.05) is 30.5 Å². The number of amidine groups is 1. The fourth-order valence-electron chi connectivity index (χ4n) is 2.30. The van der Waals surface area contributed by atoms with Gasteiger partial charge >= 0.3 is 0 Å². The topological polar surface area (TPSA) is 53.4 Å². The molecule has 5 nitrogen and oxygen atoms in total. The third kappa shape index (κ3) is 4.70. The number of halogens is 1. The van der Waals surface area contributed by atoms with Gasteiger partial charge in [0, 0.05) is 50.6 Å². The van der Waals surface area contributed by atoms with Crippen LogP contribution in [-0.4, -0.2) is 29.2 Å². The number of aromatic nitrogens is 2. The highest BCUT2D eigenvalue weighted by molar-refractivity contribution is 8.13. The molecule has 134 valence electrons. The normalized spacial score (nSPS) is 13.7. The summed E-state index contributed by atoms with van der Waals surface area (Å²) in [7, 11) is 3.81. The van der Waals surface area contributed by atoms with Gasteiger partial charge in [0.2, 0.25) is 5.95 Å². The maximum Gasteiger partial charge on any atom is 0.224 e. The fraction of sp³-hybridized carbons (Fsp3) is 0.211. The number of nitrogens with one attached hydrogen (secondary N) is 1. The van der Waals surface area contributed by atoms with E-state index in [2.05, 4.69) is 26.9 Å². The summed E-state index contributed by atoms with van der Waals surface area (Å²) in [6.07, 6.45) is 6.13. The van der Waals surface area contributed by atoms with Crippen molar-refractivity contribution in [2.75, 3.05) is 19.0 Å². The molecule has 2 heterocycles. The van der Waals surface area contributed by atoms with Crippen molar-refractivity contribution in [2.45, 2.75) is 12.2 Å². The predicted molar refractivity (Wildman–Crippen MR) is 106 cm³/mol. The van der Waals surface area contributed by atoms with Crippen LogP contribution in [-0.2, 0) is 12.2 Å². The van der Waals surface area contributed by atoms with Crippen molar-refractivity contribution >= 4 is 22.9 Å². The lowest BCUT2D eigenvalue weighted by atomic mass is 10.1. The second-order valence-electron chi connectivity index (χ2n) is 6.07. The molecule has 0 radical (unpaired) electrons. The van der Waals surface area contributed by atoms with E-state index in [0.717, 1.165) is 27.6 Å². The molecular weight excluding hydrogens is 349 g/mol. The smallest absolute Gasteiger partial charge is 0.224 e. The molecular formula is C19H20FN5S. The Kier molecular flexibility index (Phi) is 5.68. The molecule has 3 rings (SSSR count). The molecule has 1 aromatic carbocycles. The van der Waals surface area contributed by atoms with E-state index in [1.54, 1.807) is 23.9 Å². The number of benzene rings is 1. The predicted octanol–water partition coefficient (Wildman–Crippen LogP) is 3.51. The second kappa shape index (κ2) is 8.14. The zero-order chi connectivity index (χ0) is 18.5. The van der Waals surface area contributed by atoms with Gasteiger partial charge in [-0.2, -0.15) is 0 Å². The van der Waals surface area contributed by atoms with E-state index >= 15 is 0 Å². The minimum Gasteiger partial charge on any atom is -0.347 e. The minimum atomic E-state index is -0.226. The lowest BCUT2D eigenvalue weighted by molar-refractivity contribution is 0.627. The van der Waals surface area contributed by atoms with Gasteiger partial charge in [-0.25, -0.2) is 19.4 Å². The van der Waals surface area contributed by atoms with Crippen LogP contribution < -0.4 is 10.2 Å². The van der Waals surface area contributed by atoms with Crippen molar-refractivity contribution in [3.8, 4) is 0 Å². The van der Waals surface area contributed by atoms with Gasteiger partial charge in [-0.05, 0) is 28.8 Å². The highest BCUT2D eigenvalue weighted by Gasteiger charge is 2.13. The molecule has 1 aliphatic rings. The summed E-state index contributed by atoms with van der Waals surface area (Å²) in [6.45, 7) is 4.08. The number of allylic oxidation sites excluding steroid dienone is 1. The van der Waals surface area contributed by atoms with Gasteiger partial charge in [-0.15, -0.1) is 0 Å². The van der Waals surface area contributed by atoms with Crippen LogP contribution in [0.5, 0.6) is 0 Å². The van der Waals surface area contributed by atoms with Crippen molar-refractivity contribution in [3.05, 3.63) is 77.7 Å². The fourth-order valence-corrected chi connectivity index (χ4v) is 3.12. The summed E-state index contributed by atoms with van der Waals surface area (Å²) < 4.78 is 12.9. The maximum absolute atomic E-state index is 12.9. The van der Waals surface area contributed by atoms with E-state index in [1.807, 2.05) is 37.6 Å². The lowest BCUT2D eigenvalue weighted by Gasteiger charge is -2.18. The molecule has 0 saturated carbocycles. The van der Waals surface area contributed by atoms with Crippen LogP contribution >= 0.6 is 11.8 Å². The van der Waals surface area contributed by atoms with Crippen molar-refractivity contribution in [1.82, 2.24) is 15.3 Å². The van der Waals surface area contributed by atoms with Crippen molar-refractivity contribution in [3.63, 3.8) is 0 Å². The number of thioether (sulfide) groups is 1. The van der Waals surface area contributed by atoms with Crippen LogP contribution in [0.2, 0.25) is 0 Å². The van der Waals surface area contributed by atoms with E-state index in [0.29, 0.717) is 18.1 Å². The lowest BCUT2D eigenvalue weighted by Crippen LogP contribution is -2.24. The molecule has 0 unspecified atom stereocenters. The average Bonchev–Trinajstić information content (AvgIpc) is 2.64. The third-order valence-electron chi connectivity index (χ3n) is 3.76. The first kappa shape index (κ1) is 18.1.